The van der Waals surface area contributed by atoms with Crippen LogP contribution < -0.4 is 29.6 Å². The molecule has 0 spiro atoms. The molecular weight excluding hydrogens is 182 g/mol. The molecule has 2 radical (unpaired) electrons. The van der Waals surface area contributed by atoms with Gasteiger partial charge >= 0.3 is 42.0 Å². The molecule has 0 rings (SSSR count). The van der Waals surface area contributed by atoms with Gasteiger partial charge in [0.2, 0.25) is 0 Å². The van der Waals surface area contributed by atoms with Gasteiger partial charge in [-0.3, -0.25) is 0 Å². The Hall–Kier alpha value is -0.310. The van der Waals surface area contributed by atoms with E-state index in [0.29, 0.717) is 0 Å². The summed E-state index contributed by atoms with van der Waals surface area (Å²) in [5.41, 5.74) is 0. The van der Waals surface area contributed by atoms with Gasteiger partial charge < -0.3 is 30.6 Å². The van der Waals surface area contributed by atoms with Crippen molar-refractivity contribution in [3.8, 4) is 0 Å². The topological polar surface area (TPSA) is 132 Å². The molecule has 0 amide bonds. The second-order valence-electron chi connectivity index (χ2n) is 0.447. The molecule has 0 aliphatic heterocycles. The van der Waals surface area contributed by atoms with Crippen LogP contribution in [0.25, 0.3) is 0 Å². The van der Waals surface area contributed by atoms with Gasteiger partial charge in [0, 0.05) is 0 Å². The maximum atomic E-state index is 8.25. The zero-order valence-corrected chi connectivity index (χ0v) is 7.48. The Balaban J connectivity index is -0.0000000300. The average Bonchev–Trinajstić information content (AvgIpc) is 1.25. The molecule has 54 valence electrons. The maximum absolute atomic E-state index is 8.25. The average molecular weight is 182 g/mol. The van der Waals surface area contributed by atoms with Crippen LogP contribution >= 0.6 is 0 Å². The van der Waals surface area contributed by atoms with Gasteiger partial charge in [-0.25, -0.2) is 0 Å². The van der Waals surface area contributed by atoms with Gasteiger partial charge in [0.1, 0.15) is 0 Å². The Morgan fingerprint density at radius 2 is 0.800 bits per heavy atom. The van der Waals surface area contributed by atoms with Crippen molar-refractivity contribution < 1.29 is 52.1 Å². The van der Waals surface area contributed by atoms with Crippen molar-refractivity contribution in [2.75, 3.05) is 0 Å². The molecule has 0 aliphatic carbocycles. The molecule has 0 fully saturated rings. The minimum absolute atomic E-state index is 0. The predicted octanol–water partition coefficient (Wildman–Crippen LogP) is -3.47. The molecule has 0 saturated carbocycles. The summed E-state index contributed by atoms with van der Waals surface area (Å²) in [7, 11) is 0. The quantitative estimate of drug-likeness (QED) is 0.217. The number of hydrogen-bond donors (Lipinski definition) is 0. The van der Waals surface area contributed by atoms with Gasteiger partial charge in [-0.05, 0) is 0 Å². The van der Waals surface area contributed by atoms with Crippen LogP contribution in [-0.4, -0.2) is 10.2 Å². The second-order valence-corrected chi connectivity index (χ2v) is 0.447. The summed E-state index contributed by atoms with van der Waals surface area (Å²) in [6.45, 7) is 0. The minimum atomic E-state index is -1.75. The van der Waals surface area contributed by atoms with Crippen molar-refractivity contribution in [2.45, 2.75) is 0 Å². The van der Waals surface area contributed by atoms with Crippen LogP contribution in [0.2, 0.25) is 0 Å². The van der Waals surface area contributed by atoms with Gasteiger partial charge in [0.05, 0.1) is 10.2 Å². The Morgan fingerprint density at radius 1 is 0.800 bits per heavy atom. The van der Waals surface area contributed by atoms with Gasteiger partial charge in [-0.1, -0.05) is 0 Å². The molecule has 10 heavy (non-hydrogen) atoms. The van der Waals surface area contributed by atoms with E-state index < -0.39 is 10.2 Å². The fourth-order valence-corrected chi connectivity index (χ4v) is 0. The van der Waals surface area contributed by atoms with Crippen LogP contribution in [0, 0.1) is 43.1 Å². The largest absolute Gasteiger partial charge is 1.00 e. The first-order chi connectivity index (χ1) is 3.46. The molecule has 0 aromatic carbocycles. The normalized spacial score (nSPS) is 4.80. The molecule has 0 N–H and O–H groups in total. The standard InChI is InChI=1S/Cl.2NO3.Na/c;2*2-1(3)4;/q+1;2*-1;+1. The molecule has 0 unspecified atom stereocenters. The van der Waals surface area contributed by atoms with Crippen molar-refractivity contribution >= 4 is 0 Å². The molecule has 0 aliphatic rings. The smallest absolute Gasteiger partial charge is 0.356 e. The fraction of sp³-hybridized carbons (Fsp3) is 0. The first-order valence-electron chi connectivity index (χ1n) is 1.10. The van der Waals surface area contributed by atoms with Gasteiger partial charge in [-0.2, -0.15) is 0 Å². The number of nitrogens with zero attached hydrogens (tertiary/aromatic N) is 2. The molecule has 0 aromatic rings. The van der Waals surface area contributed by atoms with E-state index >= 15 is 0 Å². The molecule has 0 bridgehead atoms. The SMILES string of the molecule is O=[N+]([O-])[O-].O=[N+]([O-])[O-].[Cl+].[Na+]. The van der Waals surface area contributed by atoms with Crippen LogP contribution in [-0.2, 0) is 0 Å². The Labute approximate surface area is 82.7 Å². The van der Waals surface area contributed by atoms with Crippen molar-refractivity contribution in [3.05, 3.63) is 30.6 Å². The third-order valence-corrected chi connectivity index (χ3v) is 0. The third kappa shape index (κ3) is 3580. The van der Waals surface area contributed by atoms with E-state index in [9.17, 15) is 0 Å². The van der Waals surface area contributed by atoms with E-state index in [-0.39, 0.29) is 42.0 Å². The number of halogens is 1. The van der Waals surface area contributed by atoms with Gasteiger partial charge in [-0.15, -0.1) is 0 Å². The van der Waals surface area contributed by atoms with Crippen molar-refractivity contribution in [2.24, 2.45) is 0 Å². The molecule has 0 heterocycles. The zero-order chi connectivity index (χ0) is 7.15. The third-order valence-electron chi connectivity index (χ3n) is 0. The fourth-order valence-electron chi connectivity index (χ4n) is 0. The van der Waals surface area contributed by atoms with Crippen LogP contribution in [0.1, 0.15) is 0 Å². The molecule has 0 aromatic heterocycles. The molecule has 0 atom stereocenters. The van der Waals surface area contributed by atoms with Crippen molar-refractivity contribution in [1.82, 2.24) is 0 Å². The first-order valence-corrected chi connectivity index (χ1v) is 1.10. The summed E-state index contributed by atoms with van der Waals surface area (Å²) < 4.78 is 0. The number of hydrogen-bond acceptors (Lipinski definition) is 6. The van der Waals surface area contributed by atoms with Crippen LogP contribution in [0.15, 0.2) is 0 Å². The molecular formula is ClN2NaO6. The van der Waals surface area contributed by atoms with E-state index in [1.54, 1.807) is 0 Å². The maximum Gasteiger partial charge on any atom is 1.00 e. The van der Waals surface area contributed by atoms with Crippen LogP contribution in [0.5, 0.6) is 0 Å². The summed E-state index contributed by atoms with van der Waals surface area (Å²) >= 11 is 0. The second kappa shape index (κ2) is 15.9. The van der Waals surface area contributed by atoms with E-state index in [0.717, 1.165) is 0 Å². The molecule has 8 nitrogen and oxygen atoms in total. The molecule has 10 heteroatoms. The van der Waals surface area contributed by atoms with E-state index in [1.165, 1.54) is 0 Å². The number of rotatable bonds is 0. The minimum Gasteiger partial charge on any atom is -0.356 e. The summed E-state index contributed by atoms with van der Waals surface area (Å²) in [6.07, 6.45) is 0. The van der Waals surface area contributed by atoms with Crippen molar-refractivity contribution in [3.63, 3.8) is 0 Å². The summed E-state index contributed by atoms with van der Waals surface area (Å²) in [4.78, 5) is 16.5. The van der Waals surface area contributed by atoms with Crippen molar-refractivity contribution in [1.29, 1.82) is 0 Å². The van der Waals surface area contributed by atoms with E-state index in [2.05, 4.69) is 0 Å². The Kier molecular flexibility index (Phi) is 35.9. The summed E-state index contributed by atoms with van der Waals surface area (Å²) in [6, 6.07) is 0. The first kappa shape index (κ1) is 22.6. The monoisotopic (exact) mass is 182 g/mol. The predicted molar refractivity (Wildman–Crippen MR) is 20.7 cm³/mol. The molecule has 0 saturated heterocycles. The summed E-state index contributed by atoms with van der Waals surface area (Å²) in [5, 5.41) is 29.5. The summed E-state index contributed by atoms with van der Waals surface area (Å²) in [5.74, 6) is 0. The zero-order valence-electron chi connectivity index (χ0n) is 4.72. The van der Waals surface area contributed by atoms with Gasteiger partial charge in [0.25, 0.3) is 0 Å². The Bertz CT molecular complexity index is 73.7. The van der Waals surface area contributed by atoms with Gasteiger partial charge in [0.15, 0.2) is 0 Å². The van der Waals surface area contributed by atoms with E-state index in [4.69, 9.17) is 30.6 Å². The van der Waals surface area contributed by atoms with E-state index in [1.807, 2.05) is 0 Å². The van der Waals surface area contributed by atoms with Crippen LogP contribution in [0.4, 0.5) is 0 Å². The van der Waals surface area contributed by atoms with Crippen LogP contribution in [0.3, 0.4) is 0 Å². The Morgan fingerprint density at radius 3 is 0.800 bits per heavy atom.